The van der Waals surface area contributed by atoms with Gasteiger partial charge < -0.3 is 19.1 Å². The topological polar surface area (TPSA) is 72.9 Å². The summed E-state index contributed by atoms with van der Waals surface area (Å²) in [6.45, 7) is 7.00. The van der Waals surface area contributed by atoms with Crippen molar-refractivity contribution >= 4 is 29.2 Å². The summed E-state index contributed by atoms with van der Waals surface area (Å²) in [5.41, 5.74) is 4.27. The molecule has 1 aliphatic rings. The first-order chi connectivity index (χ1) is 14.0. The molecule has 1 aliphatic heterocycles. The van der Waals surface area contributed by atoms with Gasteiger partial charge in [-0.2, -0.15) is 0 Å². The van der Waals surface area contributed by atoms with Crippen molar-refractivity contribution in [2.45, 2.75) is 25.3 Å². The third-order valence-corrected chi connectivity index (χ3v) is 5.55. The zero-order chi connectivity index (χ0) is 20.8. The highest BCUT2D eigenvalue weighted by Gasteiger charge is 2.15. The molecule has 0 unspecified atom stereocenters. The number of methoxy groups -OCH3 is 1. The highest BCUT2D eigenvalue weighted by Crippen LogP contribution is 2.29. The van der Waals surface area contributed by atoms with Crippen LogP contribution in [0.2, 0.25) is 0 Å². The van der Waals surface area contributed by atoms with Gasteiger partial charge in [0.05, 0.1) is 26.0 Å². The van der Waals surface area contributed by atoms with Gasteiger partial charge in [0.15, 0.2) is 0 Å². The maximum atomic E-state index is 12.4. The van der Waals surface area contributed by atoms with Gasteiger partial charge in [-0.25, -0.2) is 4.79 Å². The van der Waals surface area contributed by atoms with E-state index in [1.165, 1.54) is 0 Å². The predicted molar refractivity (Wildman–Crippen MR) is 115 cm³/mol. The van der Waals surface area contributed by atoms with Gasteiger partial charge in [0.2, 0.25) is 0 Å². The van der Waals surface area contributed by atoms with Gasteiger partial charge >= 0.3 is 6.09 Å². The van der Waals surface area contributed by atoms with Crippen molar-refractivity contribution in [1.29, 1.82) is 0 Å². The molecule has 0 bridgehead atoms. The lowest BCUT2D eigenvalue weighted by Gasteiger charge is -2.29. The Morgan fingerprint density at radius 1 is 1.28 bits per heavy atom. The van der Waals surface area contributed by atoms with Crippen molar-refractivity contribution in [1.82, 2.24) is 4.98 Å². The SMILES string of the molecule is COc1c(C)cnc(COC(=O)Nc2cc(SC)cc(N3CCOCC3)c2)c1C. The third kappa shape index (κ3) is 5.33. The number of carbonyl (C=O) groups is 1. The average Bonchev–Trinajstić information content (AvgIpc) is 2.74. The van der Waals surface area contributed by atoms with Crippen molar-refractivity contribution in [3.8, 4) is 5.75 Å². The van der Waals surface area contributed by atoms with E-state index in [2.05, 4.69) is 21.3 Å². The van der Waals surface area contributed by atoms with E-state index in [-0.39, 0.29) is 6.61 Å². The minimum atomic E-state index is -0.517. The first-order valence-electron chi connectivity index (χ1n) is 9.46. The Morgan fingerprint density at radius 3 is 2.72 bits per heavy atom. The molecular weight excluding hydrogens is 390 g/mol. The lowest BCUT2D eigenvalue weighted by Crippen LogP contribution is -2.36. The summed E-state index contributed by atoms with van der Waals surface area (Å²) in [7, 11) is 1.62. The number of nitrogens with one attached hydrogen (secondary N) is 1. The number of rotatable bonds is 6. The largest absolute Gasteiger partial charge is 0.496 e. The van der Waals surface area contributed by atoms with Crippen LogP contribution in [0.5, 0.6) is 5.75 Å². The molecule has 2 heterocycles. The molecule has 0 radical (unpaired) electrons. The fourth-order valence-electron chi connectivity index (χ4n) is 3.28. The van der Waals surface area contributed by atoms with E-state index < -0.39 is 6.09 Å². The first kappa shape index (κ1) is 21.3. The third-order valence-electron chi connectivity index (χ3n) is 4.84. The number of hydrogen-bond donors (Lipinski definition) is 1. The fourth-order valence-corrected chi connectivity index (χ4v) is 3.77. The summed E-state index contributed by atoms with van der Waals surface area (Å²) in [6.07, 6.45) is 3.22. The Bertz CT molecular complexity index is 869. The molecule has 29 heavy (non-hydrogen) atoms. The number of ether oxygens (including phenoxy) is 3. The van der Waals surface area contributed by atoms with E-state index in [0.29, 0.717) is 24.6 Å². The van der Waals surface area contributed by atoms with E-state index in [9.17, 15) is 4.79 Å². The maximum absolute atomic E-state index is 12.4. The van der Waals surface area contributed by atoms with E-state index in [1.807, 2.05) is 32.2 Å². The summed E-state index contributed by atoms with van der Waals surface area (Å²) in [6, 6.07) is 6.03. The number of benzene rings is 1. The number of aromatic nitrogens is 1. The molecule has 1 amide bonds. The summed E-state index contributed by atoms with van der Waals surface area (Å²) < 4.78 is 16.2. The van der Waals surface area contributed by atoms with E-state index >= 15 is 0 Å². The van der Waals surface area contributed by atoms with E-state index in [0.717, 1.165) is 40.5 Å². The number of carbonyl (C=O) groups excluding carboxylic acids is 1. The highest BCUT2D eigenvalue weighted by molar-refractivity contribution is 7.98. The van der Waals surface area contributed by atoms with Crippen LogP contribution in [0.15, 0.2) is 29.3 Å². The second-order valence-electron chi connectivity index (χ2n) is 6.77. The lowest BCUT2D eigenvalue weighted by molar-refractivity contribution is 0.122. The second-order valence-corrected chi connectivity index (χ2v) is 7.65. The molecular formula is C21H27N3O4S. The van der Waals surface area contributed by atoms with Crippen molar-refractivity contribution in [3.05, 3.63) is 41.2 Å². The minimum absolute atomic E-state index is 0.0762. The van der Waals surface area contributed by atoms with E-state index in [1.54, 1.807) is 25.1 Å². The Kier molecular flexibility index (Phi) is 7.22. The van der Waals surface area contributed by atoms with E-state index in [4.69, 9.17) is 14.2 Å². The normalized spacial score (nSPS) is 13.9. The zero-order valence-corrected chi connectivity index (χ0v) is 18.1. The van der Waals surface area contributed by atoms with Gasteiger partial charge in [-0.1, -0.05) is 0 Å². The van der Waals surface area contributed by atoms with Crippen LogP contribution in [-0.2, 0) is 16.1 Å². The molecule has 1 N–H and O–H groups in total. The number of thioether (sulfide) groups is 1. The Labute approximate surface area is 175 Å². The highest BCUT2D eigenvalue weighted by atomic mass is 32.2. The first-order valence-corrected chi connectivity index (χ1v) is 10.7. The number of nitrogens with zero attached hydrogens (tertiary/aromatic N) is 2. The molecule has 1 aromatic carbocycles. The molecule has 156 valence electrons. The van der Waals surface area contributed by atoms with Crippen LogP contribution >= 0.6 is 11.8 Å². The fraction of sp³-hybridized carbons (Fsp3) is 0.429. The summed E-state index contributed by atoms with van der Waals surface area (Å²) in [5.74, 6) is 0.766. The van der Waals surface area contributed by atoms with Crippen LogP contribution < -0.4 is 15.0 Å². The van der Waals surface area contributed by atoms with Crippen molar-refractivity contribution in [2.75, 3.05) is 49.9 Å². The summed E-state index contributed by atoms with van der Waals surface area (Å²) in [5, 5.41) is 2.83. The average molecular weight is 418 g/mol. The molecule has 0 saturated carbocycles. The molecule has 3 rings (SSSR count). The minimum Gasteiger partial charge on any atom is -0.496 e. The molecule has 1 fully saturated rings. The smallest absolute Gasteiger partial charge is 0.412 e. The van der Waals surface area contributed by atoms with Gasteiger partial charge in [-0.05, 0) is 38.3 Å². The van der Waals surface area contributed by atoms with Gasteiger partial charge in [0, 0.05) is 46.7 Å². The van der Waals surface area contributed by atoms with Crippen LogP contribution in [0.25, 0.3) is 0 Å². The van der Waals surface area contributed by atoms with Crippen LogP contribution in [0.4, 0.5) is 16.2 Å². The molecule has 0 aliphatic carbocycles. The molecule has 2 aromatic rings. The van der Waals surface area contributed by atoms with Gasteiger partial charge in [-0.15, -0.1) is 11.8 Å². The number of amides is 1. The quantitative estimate of drug-likeness (QED) is 0.712. The molecule has 0 spiro atoms. The molecule has 7 nitrogen and oxygen atoms in total. The second kappa shape index (κ2) is 9.84. The molecule has 0 atom stereocenters. The van der Waals surface area contributed by atoms with Crippen molar-refractivity contribution < 1.29 is 19.0 Å². The number of aryl methyl sites for hydroxylation is 1. The lowest BCUT2D eigenvalue weighted by atomic mass is 10.1. The van der Waals surface area contributed by atoms with Crippen LogP contribution in [0, 0.1) is 13.8 Å². The number of anilines is 2. The monoisotopic (exact) mass is 417 g/mol. The van der Waals surface area contributed by atoms with Crippen molar-refractivity contribution in [3.63, 3.8) is 0 Å². The van der Waals surface area contributed by atoms with Crippen LogP contribution in [0.3, 0.4) is 0 Å². The predicted octanol–water partition coefficient (Wildman–Crippen LogP) is 4.01. The van der Waals surface area contributed by atoms with Crippen LogP contribution in [0.1, 0.15) is 16.8 Å². The van der Waals surface area contributed by atoms with Gasteiger partial charge in [0.25, 0.3) is 0 Å². The molecule has 1 saturated heterocycles. The number of hydrogen-bond acceptors (Lipinski definition) is 7. The van der Waals surface area contributed by atoms with Gasteiger partial charge in [-0.3, -0.25) is 10.3 Å². The standard InChI is InChI=1S/C21H27N3O4S/c1-14-12-22-19(15(2)20(14)26-3)13-28-21(25)23-16-9-17(11-18(10-16)29-4)24-5-7-27-8-6-24/h9-12H,5-8,13H2,1-4H3,(H,23,25). The summed E-state index contributed by atoms with van der Waals surface area (Å²) >= 11 is 1.63. The Balaban J connectivity index is 1.67. The Morgan fingerprint density at radius 2 is 2.03 bits per heavy atom. The summed E-state index contributed by atoms with van der Waals surface area (Å²) in [4.78, 5) is 20.1. The van der Waals surface area contributed by atoms with Crippen LogP contribution in [-0.4, -0.2) is 50.7 Å². The van der Waals surface area contributed by atoms with Gasteiger partial charge in [0.1, 0.15) is 12.4 Å². The molecule has 1 aromatic heterocycles. The maximum Gasteiger partial charge on any atom is 0.412 e. The number of morpholine rings is 1. The zero-order valence-electron chi connectivity index (χ0n) is 17.3. The Hall–Kier alpha value is -2.45. The van der Waals surface area contributed by atoms with Crippen molar-refractivity contribution in [2.24, 2.45) is 0 Å². The number of pyridine rings is 1. The molecule has 8 heteroatoms.